The van der Waals surface area contributed by atoms with Crippen LogP contribution in [0.4, 0.5) is 13.2 Å². The van der Waals surface area contributed by atoms with Gasteiger partial charge < -0.3 is 15.0 Å². The summed E-state index contributed by atoms with van der Waals surface area (Å²) in [5.41, 5.74) is 4.77. The van der Waals surface area contributed by atoms with Crippen molar-refractivity contribution in [2.24, 2.45) is 5.73 Å². The Morgan fingerprint density at radius 3 is 2.26 bits per heavy atom. The molecule has 0 saturated heterocycles. The van der Waals surface area contributed by atoms with Gasteiger partial charge in [-0.1, -0.05) is 5.16 Å². The summed E-state index contributed by atoms with van der Waals surface area (Å²) in [6.45, 7) is 5.54. The second-order valence-corrected chi connectivity index (χ2v) is 5.47. The maximum absolute atomic E-state index is 11.9. The molecule has 5 nitrogen and oxygen atoms in total. The summed E-state index contributed by atoms with van der Waals surface area (Å²) in [5, 5.41) is 3.58. The second-order valence-electron chi connectivity index (χ2n) is 5.47. The number of hydrogen-bond acceptors (Lipinski definition) is 5. The number of hydrogen-bond donors (Lipinski definition) is 1. The number of aromatic nitrogens is 2. The van der Waals surface area contributed by atoms with Crippen LogP contribution in [0.15, 0.2) is 4.52 Å². The summed E-state index contributed by atoms with van der Waals surface area (Å²) >= 11 is 0. The predicted octanol–water partition coefficient (Wildman–Crippen LogP) is 2.16. The molecule has 0 aliphatic heterocycles. The van der Waals surface area contributed by atoms with E-state index in [-0.39, 0.29) is 18.3 Å². The predicted molar refractivity (Wildman–Crippen MR) is 61.3 cm³/mol. The van der Waals surface area contributed by atoms with Crippen molar-refractivity contribution in [2.75, 3.05) is 6.61 Å². The second kappa shape index (κ2) is 5.09. The molecule has 8 heteroatoms. The number of halogens is 3. The largest absolute Gasteiger partial charge is 0.411 e. The monoisotopic (exact) mass is 281 g/mol. The summed E-state index contributed by atoms with van der Waals surface area (Å²) < 4.78 is 45.2. The molecular formula is C11H18F3N3O2. The van der Waals surface area contributed by atoms with Crippen molar-refractivity contribution >= 4 is 0 Å². The van der Waals surface area contributed by atoms with Gasteiger partial charge in [0.1, 0.15) is 13.2 Å². The van der Waals surface area contributed by atoms with Gasteiger partial charge in [0.05, 0.1) is 5.41 Å². The molecule has 0 saturated carbocycles. The van der Waals surface area contributed by atoms with Gasteiger partial charge in [-0.05, 0) is 27.7 Å². The molecule has 0 amide bonds. The number of nitrogens with two attached hydrogens (primary N) is 1. The van der Waals surface area contributed by atoms with Gasteiger partial charge in [-0.2, -0.15) is 18.2 Å². The van der Waals surface area contributed by atoms with Gasteiger partial charge in [-0.25, -0.2) is 0 Å². The van der Waals surface area contributed by atoms with E-state index in [1.54, 1.807) is 13.8 Å². The van der Waals surface area contributed by atoms with Crippen molar-refractivity contribution in [3.8, 4) is 0 Å². The van der Waals surface area contributed by atoms with Crippen molar-refractivity contribution in [3.05, 3.63) is 11.7 Å². The Balaban J connectivity index is 2.68. The van der Waals surface area contributed by atoms with Gasteiger partial charge >= 0.3 is 6.18 Å². The molecule has 0 fully saturated rings. The third-order valence-corrected chi connectivity index (χ3v) is 3.11. The molecule has 0 aromatic carbocycles. The quantitative estimate of drug-likeness (QED) is 0.895. The van der Waals surface area contributed by atoms with Crippen molar-refractivity contribution in [3.63, 3.8) is 0 Å². The lowest BCUT2D eigenvalue weighted by atomic mass is 9.75. The highest BCUT2D eigenvalue weighted by atomic mass is 19.4. The molecule has 110 valence electrons. The standard InChI is InChI=1S/C11H18F3N3O2/c1-9(2,10(3,4)15)8-16-7(17-19-8)5-18-6-11(12,13)14/h5-6,15H2,1-4H3. The maximum Gasteiger partial charge on any atom is 0.411 e. The third kappa shape index (κ3) is 4.17. The van der Waals surface area contributed by atoms with Crippen LogP contribution in [-0.2, 0) is 16.8 Å². The number of ether oxygens (including phenoxy) is 1. The lowest BCUT2D eigenvalue weighted by molar-refractivity contribution is -0.177. The lowest BCUT2D eigenvalue weighted by Crippen LogP contribution is -2.50. The molecule has 0 bridgehead atoms. The van der Waals surface area contributed by atoms with Crippen LogP contribution >= 0.6 is 0 Å². The Morgan fingerprint density at radius 1 is 1.21 bits per heavy atom. The lowest BCUT2D eigenvalue weighted by Gasteiger charge is -2.34. The van der Waals surface area contributed by atoms with E-state index in [1.807, 2.05) is 13.8 Å². The molecule has 1 rings (SSSR count). The van der Waals surface area contributed by atoms with Gasteiger partial charge in [0, 0.05) is 5.54 Å². The van der Waals surface area contributed by atoms with Crippen molar-refractivity contribution in [1.82, 2.24) is 10.1 Å². The van der Waals surface area contributed by atoms with Gasteiger partial charge in [0.15, 0.2) is 5.82 Å². The molecule has 0 radical (unpaired) electrons. The summed E-state index contributed by atoms with van der Waals surface area (Å²) in [5.74, 6) is 0.335. The van der Waals surface area contributed by atoms with E-state index < -0.39 is 23.7 Å². The van der Waals surface area contributed by atoms with E-state index in [0.717, 1.165) is 0 Å². The average molecular weight is 281 g/mol. The van der Waals surface area contributed by atoms with Crippen LogP contribution < -0.4 is 5.73 Å². The van der Waals surface area contributed by atoms with E-state index >= 15 is 0 Å². The summed E-state index contributed by atoms with van der Waals surface area (Å²) in [7, 11) is 0. The smallest absolute Gasteiger partial charge is 0.364 e. The Hall–Kier alpha value is -1.15. The SMILES string of the molecule is CC(C)(N)C(C)(C)c1nc(COCC(F)(F)F)no1. The summed E-state index contributed by atoms with van der Waals surface area (Å²) in [4.78, 5) is 4.02. The summed E-state index contributed by atoms with van der Waals surface area (Å²) in [6, 6.07) is 0. The van der Waals surface area contributed by atoms with Gasteiger partial charge in [0.25, 0.3) is 0 Å². The maximum atomic E-state index is 11.9. The normalized spacial score (nSPS) is 13.9. The average Bonchev–Trinajstić information content (AvgIpc) is 2.62. The van der Waals surface area contributed by atoms with Gasteiger partial charge in [-0.3, -0.25) is 0 Å². The van der Waals surface area contributed by atoms with Crippen molar-refractivity contribution in [2.45, 2.75) is 51.4 Å². The topological polar surface area (TPSA) is 74.2 Å². The first-order chi connectivity index (χ1) is 8.43. The van der Waals surface area contributed by atoms with Crippen molar-refractivity contribution in [1.29, 1.82) is 0 Å². The number of nitrogens with zero attached hydrogens (tertiary/aromatic N) is 2. The van der Waals surface area contributed by atoms with E-state index in [4.69, 9.17) is 10.3 Å². The molecular weight excluding hydrogens is 263 g/mol. The Bertz CT molecular complexity index is 422. The summed E-state index contributed by atoms with van der Waals surface area (Å²) in [6.07, 6.45) is -4.37. The van der Waals surface area contributed by atoms with Gasteiger partial charge in [-0.15, -0.1) is 0 Å². The van der Waals surface area contributed by atoms with Crippen LogP contribution in [-0.4, -0.2) is 28.5 Å². The van der Waals surface area contributed by atoms with Crippen LogP contribution in [0.5, 0.6) is 0 Å². The Labute approximate surface area is 109 Å². The minimum absolute atomic E-state index is 0.0663. The Morgan fingerprint density at radius 2 is 1.79 bits per heavy atom. The molecule has 1 heterocycles. The molecule has 2 N–H and O–H groups in total. The van der Waals surface area contributed by atoms with E-state index in [2.05, 4.69) is 14.9 Å². The highest BCUT2D eigenvalue weighted by Gasteiger charge is 2.40. The number of rotatable bonds is 5. The molecule has 0 unspecified atom stereocenters. The van der Waals surface area contributed by atoms with Crippen LogP contribution in [0, 0.1) is 0 Å². The molecule has 0 aliphatic rings. The highest BCUT2D eigenvalue weighted by molar-refractivity contribution is 5.10. The molecule has 19 heavy (non-hydrogen) atoms. The first-order valence-electron chi connectivity index (χ1n) is 5.70. The fourth-order valence-corrected chi connectivity index (χ4v) is 1.10. The van der Waals surface area contributed by atoms with E-state index in [0.29, 0.717) is 0 Å². The third-order valence-electron chi connectivity index (χ3n) is 3.11. The molecule has 1 aromatic heterocycles. The first-order valence-corrected chi connectivity index (χ1v) is 5.70. The molecule has 1 aromatic rings. The molecule has 0 atom stereocenters. The van der Waals surface area contributed by atoms with Crippen LogP contribution in [0.3, 0.4) is 0 Å². The van der Waals surface area contributed by atoms with Gasteiger partial charge in [0.2, 0.25) is 5.89 Å². The van der Waals surface area contributed by atoms with E-state index in [1.165, 1.54) is 0 Å². The van der Waals surface area contributed by atoms with E-state index in [9.17, 15) is 13.2 Å². The zero-order chi connectivity index (χ0) is 14.9. The highest BCUT2D eigenvalue weighted by Crippen LogP contribution is 2.31. The van der Waals surface area contributed by atoms with Crippen molar-refractivity contribution < 1.29 is 22.4 Å². The fraction of sp³-hybridized carbons (Fsp3) is 0.818. The first kappa shape index (κ1) is 15.9. The zero-order valence-corrected chi connectivity index (χ0v) is 11.3. The van der Waals surface area contributed by atoms with Crippen LogP contribution in [0.25, 0.3) is 0 Å². The molecule has 0 spiro atoms. The Kier molecular flexibility index (Phi) is 4.26. The minimum atomic E-state index is -4.37. The van der Waals surface area contributed by atoms with Crippen LogP contribution in [0.1, 0.15) is 39.4 Å². The van der Waals surface area contributed by atoms with Crippen LogP contribution in [0.2, 0.25) is 0 Å². The fourth-order valence-electron chi connectivity index (χ4n) is 1.10. The molecule has 0 aliphatic carbocycles. The zero-order valence-electron chi connectivity index (χ0n) is 11.3. The minimum Gasteiger partial charge on any atom is -0.364 e. The number of alkyl halides is 3.